The fourth-order valence-corrected chi connectivity index (χ4v) is 3.82. The number of anilines is 1. The van der Waals surface area contributed by atoms with E-state index in [9.17, 15) is 20.3 Å². The highest BCUT2D eigenvalue weighted by atomic mass is 16.6. The fourth-order valence-electron chi connectivity index (χ4n) is 3.82. The number of ether oxygens (including phenoxy) is 2. The van der Waals surface area contributed by atoms with Gasteiger partial charge in [0.2, 0.25) is 0 Å². The van der Waals surface area contributed by atoms with Crippen LogP contribution in [-0.2, 0) is 16.9 Å². The normalized spacial score (nSPS) is 23.7. The molecule has 0 unspecified atom stereocenters. The van der Waals surface area contributed by atoms with Crippen LogP contribution in [0.25, 0.3) is 11.2 Å². The largest absolute Gasteiger partial charge is 0.497 e. The Balaban J connectivity index is 1.86. The first kappa shape index (κ1) is 19.9. The predicted octanol–water partition coefficient (Wildman–Crippen LogP) is 0.363. The third kappa shape index (κ3) is 3.20. The van der Waals surface area contributed by atoms with Crippen molar-refractivity contribution in [1.82, 2.24) is 19.5 Å². The van der Waals surface area contributed by atoms with Gasteiger partial charge in [-0.15, -0.1) is 0 Å². The number of hydrogen-bond acceptors (Lipinski definition) is 10. The van der Waals surface area contributed by atoms with Crippen molar-refractivity contribution in [2.45, 2.75) is 30.8 Å². The molecule has 1 saturated heterocycles. The van der Waals surface area contributed by atoms with Crippen LogP contribution in [0, 0.1) is 10.1 Å². The minimum atomic E-state index is -1.29. The highest BCUT2D eigenvalue weighted by Crippen LogP contribution is 2.41. The third-order valence-electron chi connectivity index (χ3n) is 5.26. The molecule has 4 rings (SSSR count). The highest BCUT2D eigenvalue weighted by Gasteiger charge is 2.49. The van der Waals surface area contributed by atoms with Gasteiger partial charge in [-0.05, 0) is 12.1 Å². The van der Waals surface area contributed by atoms with Gasteiger partial charge in [-0.3, -0.25) is 14.7 Å². The molecule has 1 aliphatic heterocycles. The van der Waals surface area contributed by atoms with E-state index in [2.05, 4.69) is 15.0 Å². The van der Waals surface area contributed by atoms with E-state index in [1.807, 2.05) is 0 Å². The lowest BCUT2D eigenvalue weighted by Crippen LogP contribution is -2.36. The van der Waals surface area contributed by atoms with Crippen LogP contribution in [0.2, 0.25) is 0 Å². The van der Waals surface area contributed by atoms with E-state index in [4.69, 9.17) is 15.2 Å². The van der Waals surface area contributed by atoms with Gasteiger partial charge >= 0.3 is 0 Å². The second-order valence-electron chi connectivity index (χ2n) is 7.03. The Morgan fingerprint density at radius 3 is 2.90 bits per heavy atom. The number of nitrogens with zero attached hydrogens (tertiary/aromatic N) is 5. The molecule has 30 heavy (non-hydrogen) atoms. The number of methoxy groups -OCH3 is 1. The Morgan fingerprint density at radius 1 is 1.43 bits per heavy atom. The smallest absolute Gasteiger partial charge is 0.276 e. The first-order valence-electron chi connectivity index (χ1n) is 9.10. The Bertz CT molecular complexity index is 1100. The zero-order valence-electron chi connectivity index (χ0n) is 16.0. The van der Waals surface area contributed by atoms with Gasteiger partial charge < -0.3 is 25.4 Å². The van der Waals surface area contributed by atoms with Gasteiger partial charge in [-0.1, -0.05) is 0 Å². The molecule has 2 aromatic heterocycles. The van der Waals surface area contributed by atoms with E-state index in [0.29, 0.717) is 22.5 Å². The van der Waals surface area contributed by atoms with Crippen molar-refractivity contribution >= 4 is 22.7 Å². The second kappa shape index (κ2) is 7.48. The van der Waals surface area contributed by atoms with Crippen molar-refractivity contribution < 1.29 is 24.6 Å². The van der Waals surface area contributed by atoms with Crippen LogP contribution in [0.3, 0.4) is 0 Å². The summed E-state index contributed by atoms with van der Waals surface area (Å²) in [5, 5.41) is 31.7. The van der Waals surface area contributed by atoms with Crippen molar-refractivity contribution in [3.05, 3.63) is 46.5 Å². The molecule has 12 nitrogen and oxygen atoms in total. The summed E-state index contributed by atoms with van der Waals surface area (Å²) in [5.41, 5.74) is 5.48. The Hall–Kier alpha value is -3.35. The lowest BCUT2D eigenvalue weighted by atomic mass is 9.96. The summed E-state index contributed by atoms with van der Waals surface area (Å²) in [6, 6.07) is 4.50. The maximum absolute atomic E-state index is 11.7. The molecule has 1 fully saturated rings. The number of rotatable bonds is 6. The number of nitro groups is 1. The molecule has 0 amide bonds. The topological polar surface area (TPSA) is 172 Å². The maximum Gasteiger partial charge on any atom is 0.276 e. The Labute approximate surface area is 170 Å². The summed E-state index contributed by atoms with van der Waals surface area (Å²) >= 11 is 0. The van der Waals surface area contributed by atoms with E-state index < -0.39 is 29.5 Å². The summed E-state index contributed by atoms with van der Waals surface area (Å²) in [7, 11) is 1.42. The lowest BCUT2D eigenvalue weighted by Gasteiger charge is -2.31. The fraction of sp³-hybridized carbons (Fsp3) is 0.389. The van der Waals surface area contributed by atoms with Crippen LogP contribution in [-0.4, -0.2) is 60.6 Å². The van der Waals surface area contributed by atoms with Crippen molar-refractivity contribution in [3.8, 4) is 5.75 Å². The third-order valence-corrected chi connectivity index (χ3v) is 5.26. The van der Waals surface area contributed by atoms with Crippen molar-refractivity contribution in [2.75, 3.05) is 19.5 Å². The minimum absolute atomic E-state index is 0.0102. The molecule has 0 bridgehead atoms. The quantitative estimate of drug-likeness (QED) is 0.376. The van der Waals surface area contributed by atoms with E-state index in [1.165, 1.54) is 25.8 Å². The van der Waals surface area contributed by atoms with E-state index >= 15 is 0 Å². The molecule has 12 heteroatoms. The second-order valence-corrected chi connectivity index (χ2v) is 7.03. The first-order valence-corrected chi connectivity index (χ1v) is 9.10. The van der Waals surface area contributed by atoms with E-state index in [1.54, 1.807) is 16.7 Å². The van der Waals surface area contributed by atoms with Crippen molar-refractivity contribution in [1.29, 1.82) is 0 Å². The van der Waals surface area contributed by atoms with Gasteiger partial charge in [0.1, 0.15) is 23.7 Å². The molecule has 0 spiro atoms. The number of benzene rings is 1. The SMILES string of the molecule is COc1ccc(C[C@]2(n3cnc4c(N)ncnc43)C[C@H](O)[C@@H](CO)O2)c([N+](=O)[O-])c1. The Kier molecular flexibility index (Phi) is 4.97. The van der Waals surface area contributed by atoms with Crippen LogP contribution in [0.15, 0.2) is 30.9 Å². The number of fused-ring (bicyclic) bond motifs is 1. The lowest BCUT2D eigenvalue weighted by molar-refractivity contribution is -0.385. The molecule has 0 saturated carbocycles. The first-order chi connectivity index (χ1) is 14.4. The number of imidazole rings is 1. The van der Waals surface area contributed by atoms with Crippen LogP contribution in [0.5, 0.6) is 5.75 Å². The van der Waals surface area contributed by atoms with E-state index in [-0.39, 0.29) is 24.3 Å². The molecule has 3 atom stereocenters. The summed E-state index contributed by atoms with van der Waals surface area (Å²) in [6.07, 6.45) is 0.904. The molecule has 3 aromatic rings. The molecular weight excluding hydrogens is 396 g/mol. The zero-order valence-corrected chi connectivity index (χ0v) is 16.0. The predicted molar refractivity (Wildman–Crippen MR) is 104 cm³/mol. The summed E-state index contributed by atoms with van der Waals surface area (Å²) in [5.74, 6) is 0.510. The van der Waals surface area contributed by atoms with E-state index in [0.717, 1.165) is 0 Å². The number of aliphatic hydroxyl groups is 2. The van der Waals surface area contributed by atoms with Gasteiger partial charge in [-0.25, -0.2) is 15.0 Å². The van der Waals surface area contributed by atoms with Crippen LogP contribution >= 0.6 is 0 Å². The van der Waals surface area contributed by atoms with Gasteiger partial charge in [0, 0.05) is 18.4 Å². The molecule has 1 aromatic carbocycles. The number of nitro benzene ring substituents is 1. The summed E-state index contributed by atoms with van der Waals surface area (Å²) < 4.78 is 12.7. The molecule has 158 valence electrons. The molecular formula is C18H20N6O6. The molecule has 1 aliphatic rings. The van der Waals surface area contributed by atoms with Crippen molar-refractivity contribution in [3.63, 3.8) is 0 Å². The average Bonchev–Trinajstić information content (AvgIpc) is 3.30. The standard InChI is InChI=1S/C18H20N6O6/c1-29-11-3-2-10(12(4-11)24(27)28)5-18(6-13(26)14(7-25)30-18)23-9-22-15-16(19)20-8-21-17(15)23/h2-4,8-9,13-14,25-26H,5-7H2,1H3,(H2,19,20,21)/t13-,14+,18+/m0/s1. The molecule has 3 heterocycles. The molecule has 0 radical (unpaired) electrons. The highest BCUT2D eigenvalue weighted by molar-refractivity contribution is 5.81. The van der Waals surface area contributed by atoms with Crippen LogP contribution < -0.4 is 10.5 Å². The number of aliphatic hydroxyl groups excluding tert-OH is 2. The average molecular weight is 416 g/mol. The number of hydrogen-bond donors (Lipinski definition) is 3. The molecule has 4 N–H and O–H groups in total. The molecule has 0 aliphatic carbocycles. The number of nitrogens with two attached hydrogens (primary N) is 1. The monoisotopic (exact) mass is 416 g/mol. The van der Waals surface area contributed by atoms with Crippen LogP contribution in [0.1, 0.15) is 12.0 Å². The number of nitrogen functional groups attached to an aromatic ring is 1. The summed E-state index contributed by atoms with van der Waals surface area (Å²) in [6.45, 7) is -0.419. The maximum atomic E-state index is 11.7. The zero-order chi connectivity index (χ0) is 21.5. The summed E-state index contributed by atoms with van der Waals surface area (Å²) in [4.78, 5) is 23.5. The number of aromatic nitrogens is 4. The van der Waals surface area contributed by atoms with Crippen molar-refractivity contribution in [2.24, 2.45) is 0 Å². The van der Waals surface area contributed by atoms with Gasteiger partial charge in [-0.2, -0.15) is 0 Å². The Morgan fingerprint density at radius 2 is 2.23 bits per heavy atom. The van der Waals surface area contributed by atoms with Gasteiger partial charge in [0.25, 0.3) is 5.69 Å². The van der Waals surface area contributed by atoms with Crippen LogP contribution in [0.4, 0.5) is 11.5 Å². The van der Waals surface area contributed by atoms with Gasteiger partial charge in [0.15, 0.2) is 17.2 Å². The van der Waals surface area contributed by atoms with Gasteiger partial charge in [0.05, 0.1) is 37.1 Å². The minimum Gasteiger partial charge on any atom is -0.497 e.